The first-order chi connectivity index (χ1) is 28.4. The lowest BCUT2D eigenvalue weighted by molar-refractivity contribution is -0.148. The molecule has 12 heteroatoms. The van der Waals surface area contributed by atoms with Crippen molar-refractivity contribution in [3.63, 3.8) is 0 Å². The van der Waals surface area contributed by atoms with Crippen LogP contribution in [0, 0.1) is 0 Å². The van der Waals surface area contributed by atoms with E-state index in [1.807, 2.05) is 81.4 Å². The van der Waals surface area contributed by atoms with Gasteiger partial charge in [0, 0.05) is 37.1 Å². The average molecular weight is 813 g/mol. The molecule has 0 atom stereocenters. The van der Waals surface area contributed by atoms with E-state index in [2.05, 4.69) is 19.2 Å². The molecule has 0 spiro atoms. The van der Waals surface area contributed by atoms with Crippen LogP contribution < -0.4 is 16.4 Å². The lowest BCUT2D eigenvalue weighted by atomic mass is 9.89. The van der Waals surface area contributed by atoms with Crippen LogP contribution in [0.25, 0.3) is 21.8 Å². The monoisotopic (exact) mass is 812 g/mol. The molecule has 2 aliphatic rings. The molecule has 320 valence electrons. The van der Waals surface area contributed by atoms with Gasteiger partial charge in [0.25, 0.3) is 11.1 Å². The van der Waals surface area contributed by atoms with Gasteiger partial charge in [0.15, 0.2) is 13.5 Å². The van der Waals surface area contributed by atoms with Crippen LogP contribution in [0.4, 0.5) is 4.79 Å². The minimum atomic E-state index is -0.534. The summed E-state index contributed by atoms with van der Waals surface area (Å²) in [6.07, 6.45) is 9.48. The smallest absolute Gasteiger partial charge is 0.410 e. The number of hydrogen-bond acceptors (Lipinski definition) is 9. The zero-order chi connectivity index (χ0) is 42.4. The summed E-state index contributed by atoms with van der Waals surface area (Å²) in [5.74, 6) is -0.218. The van der Waals surface area contributed by atoms with Gasteiger partial charge in [-0.25, -0.2) is 4.79 Å². The van der Waals surface area contributed by atoms with Crippen molar-refractivity contribution in [2.24, 2.45) is 0 Å². The number of benzene rings is 2. The van der Waals surface area contributed by atoms with Gasteiger partial charge in [0.1, 0.15) is 5.60 Å². The Labute approximate surface area is 348 Å². The fourth-order valence-electron chi connectivity index (χ4n) is 7.83. The molecule has 2 aromatic carbocycles. The number of pyridine rings is 2. The van der Waals surface area contributed by atoms with Crippen molar-refractivity contribution in [3.05, 3.63) is 92.5 Å². The van der Waals surface area contributed by atoms with E-state index in [1.54, 1.807) is 14.0 Å². The number of aromatic nitrogens is 2. The lowest BCUT2D eigenvalue weighted by Gasteiger charge is -2.33. The number of amides is 1. The third-order valence-corrected chi connectivity index (χ3v) is 11.1. The van der Waals surface area contributed by atoms with E-state index in [1.165, 1.54) is 0 Å². The number of hydrogen-bond donors (Lipinski definition) is 1. The molecule has 6 rings (SSSR count). The van der Waals surface area contributed by atoms with Gasteiger partial charge in [-0.3, -0.25) is 28.3 Å². The Morgan fingerprint density at radius 1 is 0.661 bits per heavy atom. The Morgan fingerprint density at radius 2 is 1.10 bits per heavy atom. The maximum absolute atomic E-state index is 13.4. The van der Waals surface area contributed by atoms with Gasteiger partial charge >= 0.3 is 18.0 Å². The van der Waals surface area contributed by atoms with Crippen LogP contribution >= 0.6 is 0 Å². The predicted molar refractivity (Wildman–Crippen MR) is 232 cm³/mol. The summed E-state index contributed by atoms with van der Waals surface area (Å²) in [5, 5.41) is 5.29. The van der Waals surface area contributed by atoms with Crippen molar-refractivity contribution in [1.29, 1.82) is 0 Å². The van der Waals surface area contributed by atoms with Crippen LogP contribution in [0.3, 0.4) is 0 Å². The molecule has 0 unspecified atom stereocenters. The summed E-state index contributed by atoms with van der Waals surface area (Å²) in [4.78, 5) is 64.7. The fraction of sp³-hybridized carbons (Fsp3) is 0.553. The highest BCUT2D eigenvalue weighted by atomic mass is 16.6. The molecule has 0 bridgehead atoms. The molecule has 0 saturated carbocycles. The van der Waals surface area contributed by atoms with Crippen molar-refractivity contribution < 1.29 is 28.6 Å². The number of carbonyl (C=O) groups excluding carboxylic acids is 3. The second-order valence-electron chi connectivity index (χ2n) is 16.8. The summed E-state index contributed by atoms with van der Waals surface area (Å²) in [7, 11) is 0. The quantitative estimate of drug-likeness (QED) is 0.0753. The first-order valence-corrected chi connectivity index (χ1v) is 21.6. The third kappa shape index (κ3) is 12.8. The number of ether oxygens (including phenoxy) is 3. The summed E-state index contributed by atoms with van der Waals surface area (Å²) in [6.45, 7) is 12.6. The molecule has 2 aliphatic heterocycles. The number of likely N-dealkylation sites (tertiary alicyclic amines) is 1. The van der Waals surface area contributed by atoms with E-state index in [0.717, 1.165) is 91.8 Å². The summed E-state index contributed by atoms with van der Waals surface area (Å²) < 4.78 is 19.5. The Kier molecular flexibility index (Phi) is 16.7. The second kappa shape index (κ2) is 21.9. The number of para-hydroxylation sites is 2. The SMILES string of the molecule is CCCCCC(=O)OCn1c(=O)c(C2CCN(C(=O)OC(C)(C)C)CC2)cc2ccccc21.CCCCCC(=O)OCn1c(=O)c(C2CCNCC2)cc2ccccc21. The Balaban J connectivity index is 0.000000230. The van der Waals surface area contributed by atoms with Crippen LogP contribution in [-0.2, 0) is 37.3 Å². The largest absolute Gasteiger partial charge is 0.444 e. The van der Waals surface area contributed by atoms with Crippen molar-refractivity contribution in [2.75, 3.05) is 26.2 Å². The van der Waals surface area contributed by atoms with E-state index in [4.69, 9.17) is 14.2 Å². The number of nitrogens with one attached hydrogen (secondary N) is 1. The molecule has 4 aromatic rings. The maximum Gasteiger partial charge on any atom is 0.410 e. The highest BCUT2D eigenvalue weighted by Gasteiger charge is 2.29. The molecule has 2 saturated heterocycles. The topological polar surface area (TPSA) is 138 Å². The number of nitrogens with zero attached hydrogens (tertiary/aromatic N) is 3. The van der Waals surface area contributed by atoms with E-state index < -0.39 is 5.60 Å². The minimum Gasteiger partial charge on any atom is -0.444 e. The van der Waals surface area contributed by atoms with Gasteiger partial charge < -0.3 is 24.4 Å². The highest BCUT2D eigenvalue weighted by molar-refractivity contribution is 5.81. The maximum atomic E-state index is 13.4. The van der Waals surface area contributed by atoms with Crippen molar-refractivity contribution in [1.82, 2.24) is 19.4 Å². The number of carbonyl (C=O) groups is 3. The van der Waals surface area contributed by atoms with Gasteiger partial charge in [-0.05, 0) is 119 Å². The summed E-state index contributed by atoms with van der Waals surface area (Å²) in [5.41, 5.74) is 2.42. The molecule has 12 nitrogen and oxygen atoms in total. The third-order valence-electron chi connectivity index (χ3n) is 11.1. The molecular formula is C47H64N4O8. The molecule has 2 fully saturated rings. The Hall–Kier alpha value is -4.97. The van der Waals surface area contributed by atoms with Crippen molar-refractivity contribution in [3.8, 4) is 0 Å². The number of rotatable bonds is 14. The first kappa shape index (κ1) is 45.1. The summed E-state index contributed by atoms with van der Waals surface area (Å²) >= 11 is 0. The zero-order valence-electron chi connectivity index (χ0n) is 35.8. The number of fused-ring (bicyclic) bond motifs is 2. The number of esters is 2. The van der Waals surface area contributed by atoms with E-state index in [0.29, 0.717) is 44.3 Å². The van der Waals surface area contributed by atoms with Gasteiger partial charge in [-0.2, -0.15) is 0 Å². The average Bonchev–Trinajstić information content (AvgIpc) is 3.23. The van der Waals surface area contributed by atoms with E-state index >= 15 is 0 Å². The Morgan fingerprint density at radius 3 is 1.54 bits per heavy atom. The van der Waals surface area contributed by atoms with Crippen LogP contribution in [0.1, 0.15) is 135 Å². The standard InChI is InChI=1S/C26H36N2O5.C21H28N2O3/c1-5-6-7-12-23(29)32-18-28-22-11-9-8-10-20(22)17-21(24(28)30)19-13-15-27(16-14-19)25(31)33-26(2,3)4;1-2-3-4-9-20(24)26-15-23-19-8-6-5-7-17(19)14-18(21(23)25)16-10-12-22-13-11-16/h8-11,17,19H,5-7,12-16,18H2,1-4H3;5-8,14,16,22H,2-4,9-13,15H2,1H3. The molecule has 1 amide bonds. The van der Waals surface area contributed by atoms with Crippen LogP contribution in [0.2, 0.25) is 0 Å². The molecular weight excluding hydrogens is 749 g/mol. The first-order valence-electron chi connectivity index (χ1n) is 21.6. The van der Waals surface area contributed by atoms with Gasteiger partial charge in [0.05, 0.1) is 11.0 Å². The predicted octanol–water partition coefficient (Wildman–Crippen LogP) is 8.75. The van der Waals surface area contributed by atoms with Crippen LogP contribution in [-0.4, -0.2) is 63.8 Å². The van der Waals surface area contributed by atoms with Gasteiger partial charge in [0.2, 0.25) is 0 Å². The normalized spacial score (nSPS) is 15.1. The molecule has 1 N–H and O–H groups in total. The van der Waals surface area contributed by atoms with Crippen LogP contribution in [0.5, 0.6) is 0 Å². The number of piperidine rings is 2. The van der Waals surface area contributed by atoms with Gasteiger partial charge in [-0.15, -0.1) is 0 Å². The van der Waals surface area contributed by atoms with Crippen LogP contribution in [0.15, 0.2) is 70.3 Å². The molecule has 0 aliphatic carbocycles. The lowest BCUT2D eigenvalue weighted by Crippen LogP contribution is -2.42. The Bertz CT molecular complexity index is 2140. The van der Waals surface area contributed by atoms with E-state index in [-0.39, 0.29) is 54.4 Å². The van der Waals surface area contributed by atoms with E-state index in [9.17, 15) is 24.0 Å². The van der Waals surface area contributed by atoms with Gasteiger partial charge in [-0.1, -0.05) is 75.9 Å². The highest BCUT2D eigenvalue weighted by Crippen LogP contribution is 2.29. The zero-order valence-corrected chi connectivity index (χ0v) is 35.8. The summed E-state index contributed by atoms with van der Waals surface area (Å²) in [6, 6.07) is 19.4. The molecule has 0 radical (unpaired) electrons. The fourth-order valence-corrected chi connectivity index (χ4v) is 7.83. The number of unbranched alkanes of at least 4 members (excludes halogenated alkanes) is 4. The molecule has 2 aromatic heterocycles. The molecule has 59 heavy (non-hydrogen) atoms. The molecule has 4 heterocycles. The second-order valence-corrected chi connectivity index (χ2v) is 16.8. The van der Waals surface area contributed by atoms with Crippen molar-refractivity contribution in [2.45, 2.75) is 143 Å². The van der Waals surface area contributed by atoms with Crippen molar-refractivity contribution >= 4 is 39.8 Å². The minimum absolute atomic E-state index is 0.0108.